The van der Waals surface area contributed by atoms with Crippen molar-refractivity contribution in [3.8, 4) is 0 Å². The number of rotatable bonds is 3. The molecule has 1 amide bonds. The molecule has 1 aromatic carbocycles. The third kappa shape index (κ3) is 4.03. The standard InChI is InChI=1S/C14H20N6O/c1-19-6-8-20(9-7-19)13(21)12-5-3-2-4-11(12)10-17-18-14(15)16/h2-5,10H,6-9H2,1H3,(H4,15,16,18). The van der Waals surface area contributed by atoms with Crippen LogP contribution in [0.5, 0.6) is 0 Å². The van der Waals surface area contributed by atoms with Crippen LogP contribution in [0.3, 0.4) is 0 Å². The van der Waals surface area contributed by atoms with Crippen molar-refractivity contribution in [1.29, 1.82) is 0 Å². The summed E-state index contributed by atoms with van der Waals surface area (Å²) in [5.74, 6) is -0.107. The van der Waals surface area contributed by atoms with Gasteiger partial charge in [0, 0.05) is 37.3 Å². The van der Waals surface area contributed by atoms with Gasteiger partial charge in [0.1, 0.15) is 0 Å². The number of guanidine groups is 1. The minimum absolute atomic E-state index is 0.00912. The van der Waals surface area contributed by atoms with Crippen LogP contribution < -0.4 is 11.5 Å². The molecule has 1 aliphatic heterocycles. The zero-order chi connectivity index (χ0) is 15.2. The molecule has 1 aromatic rings. The second kappa shape index (κ2) is 6.85. The fourth-order valence-corrected chi connectivity index (χ4v) is 2.14. The molecule has 0 radical (unpaired) electrons. The third-order valence-corrected chi connectivity index (χ3v) is 3.35. The van der Waals surface area contributed by atoms with E-state index in [0.29, 0.717) is 11.1 Å². The maximum absolute atomic E-state index is 12.6. The summed E-state index contributed by atoms with van der Waals surface area (Å²) in [4.78, 5) is 16.6. The predicted molar refractivity (Wildman–Crippen MR) is 83.2 cm³/mol. The van der Waals surface area contributed by atoms with Gasteiger partial charge < -0.3 is 21.3 Å². The van der Waals surface area contributed by atoms with E-state index in [2.05, 4.69) is 22.2 Å². The molecular formula is C14H20N6O. The maximum atomic E-state index is 12.6. The number of piperazine rings is 1. The molecule has 0 saturated carbocycles. The van der Waals surface area contributed by atoms with Crippen molar-refractivity contribution in [2.45, 2.75) is 0 Å². The van der Waals surface area contributed by atoms with Gasteiger partial charge in [0.2, 0.25) is 5.96 Å². The largest absolute Gasteiger partial charge is 0.369 e. The molecule has 0 spiro atoms. The number of likely N-dealkylation sites (N-methyl/N-ethyl adjacent to an activating group) is 1. The Bertz CT molecular complexity index is 556. The van der Waals surface area contributed by atoms with Crippen LogP contribution >= 0.6 is 0 Å². The molecule has 2 rings (SSSR count). The SMILES string of the molecule is CN1CCN(C(=O)c2ccccc2C=NN=C(N)N)CC1. The van der Waals surface area contributed by atoms with Gasteiger partial charge in [0.25, 0.3) is 5.91 Å². The highest BCUT2D eigenvalue weighted by Crippen LogP contribution is 2.12. The number of nitrogens with two attached hydrogens (primary N) is 2. The summed E-state index contributed by atoms with van der Waals surface area (Å²) >= 11 is 0. The monoisotopic (exact) mass is 288 g/mol. The van der Waals surface area contributed by atoms with E-state index >= 15 is 0 Å². The lowest BCUT2D eigenvalue weighted by Crippen LogP contribution is -2.47. The minimum atomic E-state index is -0.117. The molecule has 0 unspecified atom stereocenters. The average molecular weight is 288 g/mol. The summed E-state index contributed by atoms with van der Waals surface area (Å²) < 4.78 is 0. The summed E-state index contributed by atoms with van der Waals surface area (Å²) in [6.45, 7) is 3.23. The molecule has 7 nitrogen and oxygen atoms in total. The molecule has 1 aliphatic rings. The molecule has 21 heavy (non-hydrogen) atoms. The predicted octanol–water partition coefficient (Wildman–Crippen LogP) is -0.318. The molecule has 4 N–H and O–H groups in total. The summed E-state index contributed by atoms with van der Waals surface area (Å²) in [6.07, 6.45) is 1.49. The van der Waals surface area contributed by atoms with E-state index in [4.69, 9.17) is 11.5 Å². The highest BCUT2D eigenvalue weighted by Gasteiger charge is 2.21. The van der Waals surface area contributed by atoms with Crippen molar-refractivity contribution >= 4 is 18.1 Å². The quantitative estimate of drug-likeness (QED) is 0.452. The van der Waals surface area contributed by atoms with Crippen LogP contribution in [0.25, 0.3) is 0 Å². The van der Waals surface area contributed by atoms with Crippen molar-refractivity contribution in [2.24, 2.45) is 21.7 Å². The molecule has 0 aromatic heterocycles. The van der Waals surface area contributed by atoms with E-state index in [-0.39, 0.29) is 11.9 Å². The normalized spacial score (nSPS) is 16.1. The Labute approximate surface area is 123 Å². The maximum Gasteiger partial charge on any atom is 0.254 e. The number of nitrogens with zero attached hydrogens (tertiary/aromatic N) is 4. The Morgan fingerprint density at radius 3 is 2.52 bits per heavy atom. The molecule has 0 atom stereocenters. The third-order valence-electron chi connectivity index (χ3n) is 3.35. The van der Waals surface area contributed by atoms with E-state index in [0.717, 1.165) is 26.2 Å². The highest BCUT2D eigenvalue weighted by atomic mass is 16.2. The zero-order valence-electron chi connectivity index (χ0n) is 12.1. The molecule has 7 heteroatoms. The zero-order valence-corrected chi connectivity index (χ0v) is 12.1. The Kier molecular flexibility index (Phi) is 4.89. The number of hydrogen-bond donors (Lipinski definition) is 2. The van der Waals surface area contributed by atoms with Crippen molar-refractivity contribution in [2.75, 3.05) is 33.2 Å². The Morgan fingerprint density at radius 1 is 1.19 bits per heavy atom. The molecule has 1 heterocycles. The van der Waals surface area contributed by atoms with Gasteiger partial charge in [0.05, 0.1) is 6.21 Å². The van der Waals surface area contributed by atoms with Gasteiger partial charge in [-0.05, 0) is 13.1 Å². The Morgan fingerprint density at radius 2 is 1.86 bits per heavy atom. The Balaban J connectivity index is 2.17. The fourth-order valence-electron chi connectivity index (χ4n) is 2.14. The van der Waals surface area contributed by atoms with Gasteiger partial charge in [-0.1, -0.05) is 18.2 Å². The highest BCUT2D eigenvalue weighted by molar-refractivity contribution is 6.02. The van der Waals surface area contributed by atoms with Crippen LogP contribution in [0.1, 0.15) is 15.9 Å². The molecule has 1 fully saturated rings. The minimum Gasteiger partial charge on any atom is -0.369 e. The molecule has 112 valence electrons. The second-order valence-corrected chi connectivity index (χ2v) is 4.95. The Hall–Kier alpha value is -2.41. The first kappa shape index (κ1) is 15.0. The van der Waals surface area contributed by atoms with Gasteiger partial charge in [-0.25, -0.2) is 0 Å². The topological polar surface area (TPSA) is 100 Å². The van der Waals surface area contributed by atoms with E-state index < -0.39 is 0 Å². The van der Waals surface area contributed by atoms with Gasteiger partial charge in [0.15, 0.2) is 0 Å². The van der Waals surface area contributed by atoms with E-state index in [1.165, 1.54) is 6.21 Å². The first-order chi connectivity index (χ1) is 10.1. The van der Waals surface area contributed by atoms with Crippen LogP contribution in [-0.4, -0.2) is 61.1 Å². The lowest BCUT2D eigenvalue weighted by molar-refractivity contribution is 0.0664. The van der Waals surface area contributed by atoms with Crippen molar-refractivity contribution in [3.63, 3.8) is 0 Å². The van der Waals surface area contributed by atoms with E-state index in [1.807, 2.05) is 23.1 Å². The number of hydrogen-bond acceptors (Lipinski definition) is 4. The molecule has 0 bridgehead atoms. The van der Waals surface area contributed by atoms with E-state index in [1.54, 1.807) is 6.07 Å². The van der Waals surface area contributed by atoms with Crippen molar-refractivity contribution < 1.29 is 4.79 Å². The summed E-state index contributed by atoms with van der Waals surface area (Å²) in [5.41, 5.74) is 11.7. The van der Waals surface area contributed by atoms with Crippen LogP contribution in [0.2, 0.25) is 0 Å². The fraction of sp³-hybridized carbons (Fsp3) is 0.357. The smallest absolute Gasteiger partial charge is 0.254 e. The van der Waals surface area contributed by atoms with E-state index in [9.17, 15) is 4.79 Å². The molecule has 1 saturated heterocycles. The summed E-state index contributed by atoms with van der Waals surface area (Å²) in [5, 5.41) is 7.33. The van der Waals surface area contributed by atoms with Gasteiger partial charge in [-0.3, -0.25) is 4.79 Å². The lowest BCUT2D eigenvalue weighted by Gasteiger charge is -2.32. The van der Waals surface area contributed by atoms with Crippen LogP contribution in [0.15, 0.2) is 34.5 Å². The molecular weight excluding hydrogens is 268 g/mol. The first-order valence-corrected chi connectivity index (χ1v) is 6.77. The second-order valence-electron chi connectivity index (χ2n) is 4.95. The van der Waals surface area contributed by atoms with Crippen LogP contribution in [-0.2, 0) is 0 Å². The number of carbonyl (C=O) groups is 1. The average Bonchev–Trinajstić information content (AvgIpc) is 2.47. The van der Waals surface area contributed by atoms with Gasteiger partial charge in [-0.15, -0.1) is 5.10 Å². The van der Waals surface area contributed by atoms with Crippen LogP contribution in [0.4, 0.5) is 0 Å². The van der Waals surface area contributed by atoms with Crippen LogP contribution in [0, 0.1) is 0 Å². The lowest BCUT2D eigenvalue weighted by atomic mass is 10.1. The summed E-state index contributed by atoms with van der Waals surface area (Å²) in [7, 11) is 2.05. The number of carbonyl (C=O) groups excluding carboxylic acids is 1. The van der Waals surface area contributed by atoms with Gasteiger partial charge in [-0.2, -0.15) is 5.10 Å². The van der Waals surface area contributed by atoms with Crippen molar-refractivity contribution in [1.82, 2.24) is 9.80 Å². The first-order valence-electron chi connectivity index (χ1n) is 6.77. The summed E-state index contributed by atoms with van der Waals surface area (Å²) in [6, 6.07) is 7.28. The van der Waals surface area contributed by atoms with Gasteiger partial charge >= 0.3 is 0 Å². The number of benzene rings is 1. The van der Waals surface area contributed by atoms with Crippen molar-refractivity contribution in [3.05, 3.63) is 35.4 Å². The number of amides is 1. The molecule has 0 aliphatic carbocycles.